The minimum atomic E-state index is 0.163. The van der Waals surface area contributed by atoms with Crippen LogP contribution in [0.1, 0.15) is 0 Å². The molecule has 0 unspecified atom stereocenters. The fourth-order valence-corrected chi connectivity index (χ4v) is 4.85. The van der Waals surface area contributed by atoms with Gasteiger partial charge in [-0.05, 0) is 44.8 Å². The lowest BCUT2D eigenvalue weighted by Crippen LogP contribution is -1.92. The van der Waals surface area contributed by atoms with E-state index in [-0.39, 0.29) is 11.5 Å². The summed E-state index contributed by atoms with van der Waals surface area (Å²) in [4.78, 5) is 0. The van der Waals surface area contributed by atoms with Gasteiger partial charge in [0, 0.05) is 22.3 Å². The van der Waals surface area contributed by atoms with E-state index in [1.54, 1.807) is 0 Å². The predicted molar refractivity (Wildman–Crippen MR) is 141 cm³/mol. The van der Waals surface area contributed by atoms with Crippen LogP contribution in [-0.4, -0.2) is 10.2 Å². The molecule has 162 valence electrons. The van der Waals surface area contributed by atoms with E-state index in [4.69, 9.17) is 0 Å². The first kappa shape index (κ1) is 20.1. The van der Waals surface area contributed by atoms with Gasteiger partial charge in [-0.3, -0.25) is 0 Å². The summed E-state index contributed by atoms with van der Waals surface area (Å²) in [7, 11) is 0. The van der Waals surface area contributed by atoms with E-state index in [1.165, 1.54) is 0 Å². The highest BCUT2D eigenvalue weighted by Crippen LogP contribution is 2.51. The summed E-state index contributed by atoms with van der Waals surface area (Å²) in [5.41, 5.74) is 4.61. The highest BCUT2D eigenvalue weighted by atomic mass is 16.3. The lowest BCUT2D eigenvalue weighted by Gasteiger charge is -2.19. The summed E-state index contributed by atoms with van der Waals surface area (Å²) in [5, 5.41) is 27.2. The zero-order valence-electron chi connectivity index (χ0n) is 18.4. The number of fused-ring (bicyclic) bond motifs is 2. The molecule has 0 fully saturated rings. The molecule has 0 bridgehead atoms. The molecule has 2 N–H and O–H groups in total. The molecule has 2 nitrogen and oxygen atoms in total. The van der Waals surface area contributed by atoms with Crippen LogP contribution in [0.2, 0.25) is 0 Å². The summed E-state index contributed by atoms with van der Waals surface area (Å²) >= 11 is 0. The predicted octanol–water partition coefficient (Wildman–Crippen LogP) is 8.41. The molecule has 0 aliphatic carbocycles. The molecule has 0 radical (unpaired) electrons. The van der Waals surface area contributed by atoms with Gasteiger partial charge in [0.1, 0.15) is 11.5 Å². The molecule has 6 rings (SSSR count). The van der Waals surface area contributed by atoms with Crippen molar-refractivity contribution in [1.82, 2.24) is 0 Å². The van der Waals surface area contributed by atoms with Gasteiger partial charge in [-0.1, -0.05) is 109 Å². The quantitative estimate of drug-likeness (QED) is 0.291. The van der Waals surface area contributed by atoms with E-state index < -0.39 is 0 Å². The third-order valence-electron chi connectivity index (χ3n) is 6.46. The van der Waals surface area contributed by atoms with Gasteiger partial charge < -0.3 is 10.2 Å². The monoisotopic (exact) mass is 438 g/mol. The molecular weight excluding hydrogens is 416 g/mol. The summed E-state index contributed by atoms with van der Waals surface area (Å²) in [5.74, 6) is 0.325. The fraction of sp³-hybridized carbons (Fsp3) is 0. The van der Waals surface area contributed by atoms with Gasteiger partial charge in [-0.2, -0.15) is 0 Å². The smallest absolute Gasteiger partial charge is 0.132 e. The minimum Gasteiger partial charge on any atom is -0.507 e. The van der Waals surface area contributed by atoms with Crippen LogP contribution in [0, 0.1) is 0 Å². The molecule has 0 aliphatic heterocycles. The Balaban J connectivity index is 1.78. The van der Waals surface area contributed by atoms with Crippen molar-refractivity contribution in [3.8, 4) is 44.9 Å². The molecule has 0 aliphatic rings. The van der Waals surface area contributed by atoms with Gasteiger partial charge in [0.15, 0.2) is 0 Å². The van der Waals surface area contributed by atoms with Gasteiger partial charge in [0.25, 0.3) is 0 Å². The van der Waals surface area contributed by atoms with Crippen LogP contribution in [0.5, 0.6) is 11.5 Å². The molecule has 0 amide bonds. The van der Waals surface area contributed by atoms with Crippen molar-refractivity contribution >= 4 is 21.5 Å². The van der Waals surface area contributed by atoms with Crippen molar-refractivity contribution in [2.45, 2.75) is 0 Å². The van der Waals surface area contributed by atoms with Gasteiger partial charge in [-0.25, -0.2) is 0 Å². The van der Waals surface area contributed by atoms with E-state index in [0.29, 0.717) is 11.1 Å². The van der Waals surface area contributed by atoms with Crippen molar-refractivity contribution in [3.05, 3.63) is 121 Å². The maximum absolute atomic E-state index is 11.7. The summed E-state index contributed by atoms with van der Waals surface area (Å²) in [6.07, 6.45) is 0. The molecule has 0 saturated heterocycles. The zero-order chi connectivity index (χ0) is 23.1. The van der Waals surface area contributed by atoms with Crippen LogP contribution >= 0.6 is 0 Å². The molecule has 34 heavy (non-hydrogen) atoms. The van der Waals surface area contributed by atoms with Crippen LogP contribution in [0.25, 0.3) is 54.9 Å². The van der Waals surface area contributed by atoms with Crippen LogP contribution in [-0.2, 0) is 0 Å². The number of phenolic OH excluding ortho intramolecular Hbond substituents is 2. The molecule has 0 saturated carbocycles. The van der Waals surface area contributed by atoms with E-state index in [1.807, 2.05) is 121 Å². The maximum Gasteiger partial charge on any atom is 0.132 e. The molecular formula is C32H22O2. The maximum atomic E-state index is 11.7. The highest BCUT2D eigenvalue weighted by molar-refractivity contribution is 6.13. The van der Waals surface area contributed by atoms with E-state index in [9.17, 15) is 10.2 Å². The molecule has 0 heterocycles. The average molecular weight is 439 g/mol. The Labute approximate surface area is 198 Å². The molecule has 0 atom stereocenters. The van der Waals surface area contributed by atoms with Gasteiger partial charge in [0.2, 0.25) is 0 Å². The fourth-order valence-electron chi connectivity index (χ4n) is 4.85. The lowest BCUT2D eigenvalue weighted by molar-refractivity contribution is 0.472. The van der Waals surface area contributed by atoms with Crippen molar-refractivity contribution in [2.75, 3.05) is 0 Å². The van der Waals surface area contributed by atoms with Crippen LogP contribution < -0.4 is 0 Å². The van der Waals surface area contributed by atoms with E-state index in [0.717, 1.165) is 43.8 Å². The summed E-state index contributed by atoms with van der Waals surface area (Å²) < 4.78 is 0. The first-order valence-corrected chi connectivity index (χ1v) is 11.3. The second-order valence-electron chi connectivity index (χ2n) is 8.47. The van der Waals surface area contributed by atoms with E-state index in [2.05, 4.69) is 0 Å². The summed E-state index contributed by atoms with van der Waals surface area (Å²) in [6, 6.07) is 39.8. The van der Waals surface area contributed by atoms with Crippen molar-refractivity contribution in [1.29, 1.82) is 0 Å². The second kappa shape index (κ2) is 8.09. The van der Waals surface area contributed by atoms with Crippen LogP contribution in [0.15, 0.2) is 121 Å². The molecule has 0 aromatic heterocycles. The zero-order valence-corrected chi connectivity index (χ0v) is 18.4. The Morgan fingerprint density at radius 2 is 0.735 bits per heavy atom. The van der Waals surface area contributed by atoms with Gasteiger partial charge in [0.05, 0.1) is 0 Å². The Morgan fingerprint density at radius 3 is 1.15 bits per heavy atom. The third-order valence-corrected chi connectivity index (χ3v) is 6.46. The van der Waals surface area contributed by atoms with Crippen molar-refractivity contribution < 1.29 is 10.2 Å². The molecule has 6 aromatic carbocycles. The minimum absolute atomic E-state index is 0.163. The third kappa shape index (κ3) is 3.20. The number of hydrogen-bond acceptors (Lipinski definition) is 2. The van der Waals surface area contributed by atoms with E-state index >= 15 is 0 Å². The number of aromatic hydroxyl groups is 2. The average Bonchev–Trinajstić information content (AvgIpc) is 2.90. The SMILES string of the molecule is Oc1c(-c2ccccc2)cc2ccccc2c1-c1c(O)c(-c2ccccc2)cc2ccccc12. The first-order chi connectivity index (χ1) is 16.7. The highest BCUT2D eigenvalue weighted by Gasteiger charge is 2.22. The molecule has 0 spiro atoms. The standard InChI is InChI=1S/C32H22O2/c33-31-27(21-11-3-1-4-12-21)19-23-15-7-9-17-25(23)29(31)30-26-18-10-8-16-24(26)20-28(32(30)34)22-13-5-2-6-14-22/h1-20,33-34H. The topological polar surface area (TPSA) is 40.5 Å². The Bertz CT molecular complexity index is 1530. The van der Waals surface area contributed by atoms with Gasteiger partial charge >= 0.3 is 0 Å². The number of rotatable bonds is 3. The number of phenols is 2. The van der Waals surface area contributed by atoms with Crippen molar-refractivity contribution in [3.63, 3.8) is 0 Å². The van der Waals surface area contributed by atoms with Crippen LogP contribution in [0.3, 0.4) is 0 Å². The normalized spacial score (nSPS) is 11.2. The van der Waals surface area contributed by atoms with Gasteiger partial charge in [-0.15, -0.1) is 0 Å². The Morgan fingerprint density at radius 1 is 0.382 bits per heavy atom. The first-order valence-electron chi connectivity index (χ1n) is 11.3. The van der Waals surface area contributed by atoms with Crippen molar-refractivity contribution in [2.24, 2.45) is 0 Å². The number of benzene rings is 6. The molecule has 6 aromatic rings. The number of hydrogen-bond donors (Lipinski definition) is 2. The summed E-state index contributed by atoms with van der Waals surface area (Å²) in [6.45, 7) is 0. The largest absolute Gasteiger partial charge is 0.507 e. The molecule has 2 heteroatoms. The van der Waals surface area contributed by atoms with Crippen LogP contribution in [0.4, 0.5) is 0 Å². The Hall–Kier alpha value is -4.56. The second-order valence-corrected chi connectivity index (χ2v) is 8.47. The lowest BCUT2D eigenvalue weighted by atomic mass is 9.86. The Kier molecular flexibility index (Phi) is 4.78.